The molecule has 2 aromatic carbocycles. The van der Waals surface area contributed by atoms with Crippen LogP contribution in [0, 0.1) is 11.3 Å². The summed E-state index contributed by atoms with van der Waals surface area (Å²) in [5, 5.41) is 9.49. The molecule has 0 fully saturated rings. The summed E-state index contributed by atoms with van der Waals surface area (Å²) in [6.07, 6.45) is 4.90. The Hall–Kier alpha value is -3.14. The van der Waals surface area contributed by atoms with E-state index in [9.17, 15) is 13.7 Å². The topological polar surface area (TPSA) is 70.4 Å². The van der Waals surface area contributed by atoms with Crippen LogP contribution in [0.2, 0.25) is 0 Å². The third kappa shape index (κ3) is 4.77. The SMILES string of the molecule is C=C/C=C/CN(C(C(=C)C#N)c1ccc(OC)cc1)S(=O)(=O)c1ccccc1. The van der Waals surface area contributed by atoms with E-state index in [2.05, 4.69) is 13.2 Å². The highest BCUT2D eigenvalue weighted by Crippen LogP contribution is 2.33. The zero-order valence-electron chi connectivity index (χ0n) is 15.7. The highest BCUT2D eigenvalue weighted by Gasteiger charge is 2.33. The lowest BCUT2D eigenvalue weighted by Crippen LogP contribution is -2.36. The van der Waals surface area contributed by atoms with Crippen LogP contribution in [0.4, 0.5) is 0 Å². The molecule has 0 aliphatic heterocycles. The van der Waals surface area contributed by atoms with E-state index in [-0.39, 0.29) is 17.0 Å². The first-order valence-electron chi connectivity index (χ1n) is 8.53. The van der Waals surface area contributed by atoms with E-state index < -0.39 is 16.1 Å². The van der Waals surface area contributed by atoms with Crippen LogP contribution < -0.4 is 4.74 Å². The molecule has 0 aliphatic rings. The first kappa shape index (κ1) is 21.2. The van der Waals surface area contributed by atoms with Gasteiger partial charge in [0.25, 0.3) is 0 Å². The average molecular weight is 394 g/mol. The van der Waals surface area contributed by atoms with Crippen molar-refractivity contribution >= 4 is 10.0 Å². The van der Waals surface area contributed by atoms with Crippen LogP contribution in [0.25, 0.3) is 0 Å². The van der Waals surface area contributed by atoms with Crippen molar-refractivity contribution in [2.75, 3.05) is 13.7 Å². The van der Waals surface area contributed by atoms with Crippen molar-refractivity contribution in [3.05, 3.63) is 97.1 Å². The number of nitriles is 1. The number of methoxy groups -OCH3 is 1. The van der Waals surface area contributed by atoms with Gasteiger partial charge in [-0.2, -0.15) is 9.57 Å². The maximum Gasteiger partial charge on any atom is 0.244 e. The Labute approximate surface area is 166 Å². The number of nitrogens with zero attached hydrogens (tertiary/aromatic N) is 2. The lowest BCUT2D eigenvalue weighted by molar-refractivity contribution is 0.388. The molecule has 1 unspecified atom stereocenters. The minimum atomic E-state index is -3.90. The van der Waals surface area contributed by atoms with Crippen molar-refractivity contribution in [2.24, 2.45) is 0 Å². The molecule has 0 bridgehead atoms. The number of sulfonamides is 1. The fourth-order valence-electron chi connectivity index (χ4n) is 2.72. The van der Waals surface area contributed by atoms with Crippen molar-refractivity contribution in [3.8, 4) is 11.8 Å². The summed E-state index contributed by atoms with van der Waals surface area (Å²) in [6, 6.07) is 16.2. The maximum atomic E-state index is 13.4. The lowest BCUT2D eigenvalue weighted by Gasteiger charge is -2.30. The summed E-state index contributed by atoms with van der Waals surface area (Å²) in [6.45, 7) is 7.47. The Morgan fingerprint density at radius 3 is 2.39 bits per heavy atom. The van der Waals surface area contributed by atoms with E-state index in [1.807, 2.05) is 6.07 Å². The number of hydrogen-bond donors (Lipinski definition) is 0. The van der Waals surface area contributed by atoms with Gasteiger partial charge in [-0.25, -0.2) is 8.42 Å². The van der Waals surface area contributed by atoms with Gasteiger partial charge < -0.3 is 4.74 Å². The fourth-order valence-corrected chi connectivity index (χ4v) is 4.30. The highest BCUT2D eigenvalue weighted by atomic mass is 32.2. The van der Waals surface area contributed by atoms with Crippen LogP contribution in [-0.4, -0.2) is 26.4 Å². The van der Waals surface area contributed by atoms with Gasteiger partial charge in [0.15, 0.2) is 0 Å². The van der Waals surface area contributed by atoms with Crippen LogP contribution in [0.5, 0.6) is 5.75 Å². The smallest absolute Gasteiger partial charge is 0.244 e. The van der Waals surface area contributed by atoms with E-state index in [4.69, 9.17) is 4.74 Å². The Morgan fingerprint density at radius 1 is 1.21 bits per heavy atom. The molecule has 2 rings (SSSR count). The van der Waals surface area contributed by atoms with Crippen molar-refractivity contribution < 1.29 is 13.2 Å². The quantitative estimate of drug-likeness (QED) is 0.471. The zero-order chi connectivity index (χ0) is 20.6. The van der Waals surface area contributed by atoms with Gasteiger partial charge in [-0.15, -0.1) is 0 Å². The molecular formula is C22H22N2O3S. The van der Waals surface area contributed by atoms with Crippen molar-refractivity contribution in [3.63, 3.8) is 0 Å². The van der Waals surface area contributed by atoms with E-state index in [0.717, 1.165) is 0 Å². The number of allylic oxidation sites excluding steroid dienone is 2. The Morgan fingerprint density at radius 2 is 1.86 bits per heavy atom. The van der Waals surface area contributed by atoms with Crippen LogP contribution in [0.15, 0.2) is 96.5 Å². The van der Waals surface area contributed by atoms with Gasteiger partial charge >= 0.3 is 0 Å². The third-order valence-electron chi connectivity index (χ3n) is 4.10. The van der Waals surface area contributed by atoms with Gasteiger partial charge in [-0.1, -0.05) is 61.7 Å². The molecule has 0 heterocycles. The summed E-state index contributed by atoms with van der Waals surface area (Å²) in [5.41, 5.74) is 0.746. The Balaban J connectivity index is 2.61. The minimum Gasteiger partial charge on any atom is -0.497 e. The first-order valence-corrected chi connectivity index (χ1v) is 9.97. The molecule has 0 spiro atoms. The van der Waals surface area contributed by atoms with Crippen LogP contribution in [0.3, 0.4) is 0 Å². The number of ether oxygens (including phenoxy) is 1. The molecule has 0 N–H and O–H groups in total. The second kappa shape index (κ2) is 9.70. The predicted molar refractivity (Wildman–Crippen MR) is 110 cm³/mol. The normalized spacial score (nSPS) is 12.5. The monoisotopic (exact) mass is 394 g/mol. The minimum absolute atomic E-state index is 0.0562. The van der Waals surface area contributed by atoms with Gasteiger partial charge in [-0.3, -0.25) is 0 Å². The number of benzene rings is 2. The molecule has 144 valence electrons. The average Bonchev–Trinajstić information content (AvgIpc) is 2.73. The van der Waals surface area contributed by atoms with Crippen LogP contribution >= 0.6 is 0 Å². The maximum absolute atomic E-state index is 13.4. The van der Waals surface area contributed by atoms with E-state index in [1.165, 1.54) is 16.4 Å². The van der Waals surface area contributed by atoms with Gasteiger partial charge in [-0.05, 0) is 29.8 Å². The van der Waals surface area contributed by atoms with Crippen LogP contribution in [0.1, 0.15) is 11.6 Å². The van der Waals surface area contributed by atoms with E-state index >= 15 is 0 Å². The zero-order valence-corrected chi connectivity index (χ0v) is 16.5. The van der Waals surface area contributed by atoms with Crippen LogP contribution in [-0.2, 0) is 10.0 Å². The summed E-state index contributed by atoms with van der Waals surface area (Å²) in [5.74, 6) is 0.633. The number of rotatable bonds is 9. The number of hydrogen-bond acceptors (Lipinski definition) is 4. The van der Waals surface area contributed by atoms with Gasteiger partial charge in [0.2, 0.25) is 10.0 Å². The molecule has 0 amide bonds. The molecule has 6 heteroatoms. The van der Waals surface area contributed by atoms with Gasteiger partial charge in [0, 0.05) is 12.1 Å². The molecule has 0 saturated heterocycles. The molecule has 5 nitrogen and oxygen atoms in total. The third-order valence-corrected chi connectivity index (χ3v) is 5.95. The summed E-state index contributed by atoms with van der Waals surface area (Å²) in [7, 11) is -2.35. The fraction of sp³-hybridized carbons (Fsp3) is 0.136. The van der Waals surface area contributed by atoms with Gasteiger partial charge in [0.05, 0.1) is 24.1 Å². The Kier molecular flexibility index (Phi) is 7.33. The second-order valence-corrected chi connectivity index (χ2v) is 7.75. The van der Waals surface area contributed by atoms with Crippen molar-refractivity contribution in [1.29, 1.82) is 5.26 Å². The second-order valence-electron chi connectivity index (χ2n) is 5.86. The van der Waals surface area contributed by atoms with Crippen molar-refractivity contribution in [1.82, 2.24) is 4.31 Å². The molecule has 0 aliphatic carbocycles. The predicted octanol–water partition coefficient (Wildman–Crippen LogP) is 4.25. The van der Waals surface area contributed by atoms with Gasteiger partial charge in [0.1, 0.15) is 5.75 Å². The molecule has 2 aromatic rings. The molecule has 28 heavy (non-hydrogen) atoms. The summed E-state index contributed by atoms with van der Waals surface area (Å²) in [4.78, 5) is 0.145. The molecular weight excluding hydrogens is 372 g/mol. The largest absolute Gasteiger partial charge is 0.497 e. The highest BCUT2D eigenvalue weighted by molar-refractivity contribution is 7.89. The lowest BCUT2D eigenvalue weighted by atomic mass is 10.0. The first-order chi connectivity index (χ1) is 13.5. The summed E-state index contributed by atoms with van der Waals surface area (Å²) >= 11 is 0. The molecule has 1 atom stereocenters. The van der Waals surface area contributed by atoms with E-state index in [1.54, 1.807) is 67.8 Å². The van der Waals surface area contributed by atoms with E-state index in [0.29, 0.717) is 11.3 Å². The molecule has 0 radical (unpaired) electrons. The molecule has 0 saturated carbocycles. The molecule has 0 aromatic heterocycles. The standard InChI is InChI=1S/C22H22N2O3S/c1-4-5-9-16-24(28(25,26)21-10-7-6-8-11-21)22(18(2)17-23)19-12-14-20(27-3)15-13-19/h4-15,22H,1-2,16H2,3H3/b9-5+. The van der Waals surface area contributed by atoms with Crippen molar-refractivity contribution in [2.45, 2.75) is 10.9 Å². The summed E-state index contributed by atoms with van der Waals surface area (Å²) < 4.78 is 33.2. The Bertz CT molecular complexity index is 988.